The van der Waals surface area contributed by atoms with E-state index in [4.69, 9.17) is 9.47 Å². The molecule has 1 aliphatic rings. The van der Waals surface area contributed by atoms with Gasteiger partial charge in [0, 0.05) is 33.7 Å². The zero-order valence-corrected chi connectivity index (χ0v) is 15.4. The van der Waals surface area contributed by atoms with Crippen LogP contribution < -0.4 is 14.8 Å². The van der Waals surface area contributed by atoms with Crippen LogP contribution >= 0.6 is 11.3 Å². The Kier molecular flexibility index (Phi) is 4.39. The maximum absolute atomic E-state index is 12.5. The highest BCUT2D eigenvalue weighted by atomic mass is 32.1. The number of carbonyl (C=O) groups excluding carboxylic acids is 1. The predicted octanol–water partition coefficient (Wildman–Crippen LogP) is 4.91. The van der Waals surface area contributed by atoms with Crippen molar-refractivity contribution in [3.63, 3.8) is 0 Å². The van der Waals surface area contributed by atoms with E-state index in [-0.39, 0.29) is 11.8 Å². The second-order valence-corrected chi connectivity index (χ2v) is 7.05. The fraction of sp³-hybridized carbons (Fsp3) is 0.190. The minimum Gasteiger partial charge on any atom is -0.493 e. The summed E-state index contributed by atoms with van der Waals surface area (Å²) in [4.78, 5) is 13.6. The van der Waals surface area contributed by atoms with Crippen LogP contribution in [0.25, 0.3) is 11.1 Å². The average molecular weight is 365 g/mol. The molecule has 4 nitrogen and oxygen atoms in total. The first kappa shape index (κ1) is 16.7. The Hall–Kier alpha value is -2.79. The van der Waals surface area contributed by atoms with Crippen molar-refractivity contribution >= 4 is 22.9 Å². The van der Waals surface area contributed by atoms with E-state index in [9.17, 15) is 4.79 Å². The maximum Gasteiger partial charge on any atom is 0.225 e. The van der Waals surface area contributed by atoms with E-state index in [0.29, 0.717) is 17.9 Å². The summed E-state index contributed by atoms with van der Waals surface area (Å²) in [6, 6.07) is 15.9. The lowest BCUT2D eigenvalue weighted by Crippen LogP contribution is -2.22. The van der Waals surface area contributed by atoms with Gasteiger partial charge in [-0.3, -0.25) is 4.79 Å². The van der Waals surface area contributed by atoms with Crippen molar-refractivity contribution in [2.24, 2.45) is 0 Å². The Labute approximate surface area is 156 Å². The van der Waals surface area contributed by atoms with Gasteiger partial charge in [0.15, 0.2) is 11.5 Å². The fourth-order valence-electron chi connectivity index (χ4n) is 3.49. The number of nitrogens with one attached hydrogen (secondary N) is 1. The molecule has 0 saturated heterocycles. The SMILES string of the molecule is COc1cccc([C@@H]2CC(=O)Nc3c(-c4ccccc4)csc32)c1OC. The van der Waals surface area contributed by atoms with Crippen LogP contribution in [0.2, 0.25) is 0 Å². The van der Waals surface area contributed by atoms with Gasteiger partial charge in [-0.05, 0) is 11.6 Å². The highest BCUT2D eigenvalue weighted by Crippen LogP contribution is 2.49. The molecule has 0 radical (unpaired) electrons. The van der Waals surface area contributed by atoms with Crippen molar-refractivity contribution < 1.29 is 14.3 Å². The summed E-state index contributed by atoms with van der Waals surface area (Å²) in [5.41, 5.74) is 4.05. The number of amides is 1. The summed E-state index contributed by atoms with van der Waals surface area (Å²) < 4.78 is 11.0. The minimum atomic E-state index is -0.0498. The lowest BCUT2D eigenvalue weighted by molar-refractivity contribution is -0.116. The standard InChI is InChI=1S/C21H19NO3S/c1-24-17-10-6-9-14(20(17)25-2)15-11-18(23)22-19-16(12-26-21(15)19)13-7-4-3-5-8-13/h3-10,12,15H,11H2,1-2H3,(H,22,23)/t15-/m0/s1. The predicted molar refractivity (Wildman–Crippen MR) is 104 cm³/mol. The van der Waals surface area contributed by atoms with Crippen LogP contribution in [0.5, 0.6) is 11.5 Å². The molecule has 1 amide bonds. The molecule has 26 heavy (non-hydrogen) atoms. The number of anilines is 1. The molecule has 0 saturated carbocycles. The summed E-state index contributed by atoms with van der Waals surface area (Å²) in [6.07, 6.45) is 0.394. The zero-order valence-electron chi connectivity index (χ0n) is 14.6. The van der Waals surface area contributed by atoms with E-state index < -0.39 is 0 Å². The van der Waals surface area contributed by atoms with Crippen molar-refractivity contribution in [3.05, 3.63) is 64.4 Å². The molecule has 3 aromatic rings. The third kappa shape index (κ3) is 2.74. The number of ether oxygens (including phenoxy) is 2. The van der Waals surface area contributed by atoms with Crippen LogP contribution in [-0.2, 0) is 4.79 Å². The first-order chi connectivity index (χ1) is 12.7. The van der Waals surface area contributed by atoms with Crippen LogP contribution in [0, 0.1) is 0 Å². The molecular weight excluding hydrogens is 346 g/mol. The minimum absolute atomic E-state index is 0.0166. The Morgan fingerprint density at radius 2 is 1.85 bits per heavy atom. The Morgan fingerprint density at radius 3 is 2.58 bits per heavy atom. The van der Waals surface area contributed by atoms with Gasteiger partial charge < -0.3 is 14.8 Å². The summed E-state index contributed by atoms with van der Waals surface area (Å²) in [5.74, 6) is 1.34. The van der Waals surface area contributed by atoms with E-state index in [1.165, 1.54) is 0 Å². The Morgan fingerprint density at radius 1 is 1.04 bits per heavy atom. The summed E-state index contributed by atoms with van der Waals surface area (Å²) in [5, 5.41) is 5.19. The Balaban J connectivity index is 1.85. The number of rotatable bonds is 4. The summed E-state index contributed by atoms with van der Waals surface area (Å²) >= 11 is 1.67. The number of hydrogen-bond acceptors (Lipinski definition) is 4. The average Bonchev–Trinajstić information content (AvgIpc) is 3.11. The largest absolute Gasteiger partial charge is 0.493 e. The van der Waals surface area contributed by atoms with Crippen LogP contribution in [0.1, 0.15) is 22.8 Å². The molecule has 0 fully saturated rings. The van der Waals surface area contributed by atoms with Gasteiger partial charge in [-0.2, -0.15) is 0 Å². The first-order valence-electron chi connectivity index (χ1n) is 8.40. The van der Waals surface area contributed by atoms with Gasteiger partial charge in [0.2, 0.25) is 5.91 Å². The molecule has 0 bridgehead atoms. The van der Waals surface area contributed by atoms with E-state index in [0.717, 1.165) is 27.3 Å². The molecule has 0 aliphatic carbocycles. The number of hydrogen-bond donors (Lipinski definition) is 1. The smallest absolute Gasteiger partial charge is 0.225 e. The monoisotopic (exact) mass is 365 g/mol. The van der Waals surface area contributed by atoms with Crippen LogP contribution in [-0.4, -0.2) is 20.1 Å². The zero-order chi connectivity index (χ0) is 18.1. The van der Waals surface area contributed by atoms with Gasteiger partial charge >= 0.3 is 0 Å². The summed E-state index contributed by atoms with van der Waals surface area (Å²) in [7, 11) is 3.26. The second kappa shape index (κ2) is 6.84. The highest BCUT2D eigenvalue weighted by molar-refractivity contribution is 7.11. The van der Waals surface area contributed by atoms with Crippen LogP contribution in [0.4, 0.5) is 5.69 Å². The number of methoxy groups -OCH3 is 2. The second-order valence-electron chi connectivity index (χ2n) is 6.14. The molecule has 1 N–H and O–H groups in total. The lowest BCUT2D eigenvalue weighted by Gasteiger charge is -2.25. The molecule has 0 spiro atoms. The van der Waals surface area contributed by atoms with Crippen molar-refractivity contribution in [3.8, 4) is 22.6 Å². The molecule has 0 unspecified atom stereocenters. The quantitative estimate of drug-likeness (QED) is 0.715. The molecule has 132 valence electrons. The molecule has 1 atom stereocenters. The molecular formula is C21H19NO3S. The molecule has 2 heterocycles. The van der Waals surface area contributed by atoms with E-state index in [1.807, 2.05) is 36.4 Å². The number of benzene rings is 2. The Bertz CT molecular complexity index is 949. The van der Waals surface area contributed by atoms with Crippen LogP contribution in [0.15, 0.2) is 53.9 Å². The highest BCUT2D eigenvalue weighted by Gasteiger charge is 2.32. The number of para-hydroxylation sites is 1. The summed E-state index contributed by atoms with van der Waals surface area (Å²) in [6.45, 7) is 0. The van der Waals surface area contributed by atoms with Crippen molar-refractivity contribution in [2.75, 3.05) is 19.5 Å². The molecule has 4 rings (SSSR count). The molecule has 2 aromatic carbocycles. The van der Waals surface area contributed by atoms with E-state index >= 15 is 0 Å². The maximum atomic E-state index is 12.5. The van der Waals surface area contributed by atoms with Gasteiger partial charge in [0.05, 0.1) is 19.9 Å². The van der Waals surface area contributed by atoms with Gasteiger partial charge in [0.25, 0.3) is 0 Å². The third-order valence-corrected chi connectivity index (χ3v) is 5.78. The van der Waals surface area contributed by atoms with Gasteiger partial charge in [-0.1, -0.05) is 42.5 Å². The topological polar surface area (TPSA) is 47.6 Å². The van der Waals surface area contributed by atoms with Crippen LogP contribution in [0.3, 0.4) is 0 Å². The van der Waals surface area contributed by atoms with E-state index in [1.54, 1.807) is 25.6 Å². The normalized spacial score (nSPS) is 15.9. The third-order valence-electron chi connectivity index (χ3n) is 4.68. The molecule has 1 aliphatic heterocycles. The number of fused-ring (bicyclic) bond motifs is 1. The van der Waals surface area contributed by atoms with Gasteiger partial charge in [-0.25, -0.2) is 0 Å². The lowest BCUT2D eigenvalue weighted by atomic mass is 9.88. The van der Waals surface area contributed by atoms with Gasteiger partial charge in [-0.15, -0.1) is 11.3 Å². The van der Waals surface area contributed by atoms with Crippen molar-refractivity contribution in [1.82, 2.24) is 0 Å². The van der Waals surface area contributed by atoms with Crippen molar-refractivity contribution in [2.45, 2.75) is 12.3 Å². The van der Waals surface area contributed by atoms with Gasteiger partial charge in [0.1, 0.15) is 0 Å². The molecule has 1 aromatic heterocycles. The fourth-order valence-corrected chi connectivity index (χ4v) is 4.65. The van der Waals surface area contributed by atoms with E-state index in [2.05, 4.69) is 22.8 Å². The number of carbonyl (C=O) groups is 1. The van der Waals surface area contributed by atoms with Crippen molar-refractivity contribution in [1.29, 1.82) is 0 Å². The first-order valence-corrected chi connectivity index (χ1v) is 9.28. The molecule has 5 heteroatoms. The number of thiophene rings is 1.